The highest BCUT2D eigenvalue weighted by molar-refractivity contribution is 6.00. The van der Waals surface area contributed by atoms with Crippen LogP contribution in [0.25, 0.3) is 22.3 Å². The van der Waals surface area contributed by atoms with Gasteiger partial charge in [0, 0.05) is 11.1 Å². The number of nitrogens with two attached hydrogens (primary N) is 2. The van der Waals surface area contributed by atoms with Gasteiger partial charge in [-0.15, -0.1) is 0 Å². The van der Waals surface area contributed by atoms with Crippen molar-refractivity contribution in [1.29, 1.82) is 0 Å². The minimum absolute atomic E-state index is 0.176. The Hall–Kier alpha value is -3.74. The maximum atomic E-state index is 11.6. The fraction of sp³-hybridized carbons (Fsp3) is 0.182. The van der Waals surface area contributed by atoms with Gasteiger partial charge in [0.25, 0.3) is 0 Å². The number of nitrogen functional groups attached to an aromatic ring is 1. The van der Waals surface area contributed by atoms with Crippen LogP contribution in [-0.4, -0.2) is 25.7 Å². The molecule has 2 heterocycles. The summed E-state index contributed by atoms with van der Waals surface area (Å²) in [6.45, 7) is 0. The van der Waals surface area contributed by atoms with E-state index in [0.29, 0.717) is 28.1 Å². The molecule has 1 aliphatic carbocycles. The Balaban J connectivity index is 1.66. The molecule has 4 N–H and O–H groups in total. The molecule has 2 aromatic heterocycles. The zero-order valence-corrected chi connectivity index (χ0v) is 15.7. The van der Waals surface area contributed by atoms with E-state index in [-0.39, 0.29) is 6.04 Å². The lowest BCUT2D eigenvalue weighted by atomic mass is 9.88. The molecule has 1 unspecified atom stereocenters. The molecule has 7 heteroatoms. The number of benzene rings is 2. The van der Waals surface area contributed by atoms with Crippen molar-refractivity contribution >= 4 is 22.8 Å². The number of hydrogen-bond acceptors (Lipinski definition) is 5. The molecule has 1 atom stereocenters. The van der Waals surface area contributed by atoms with Crippen LogP contribution in [0.15, 0.2) is 54.9 Å². The molecule has 4 aromatic rings. The number of fused-ring (bicyclic) bond motifs is 2. The molecule has 1 aliphatic rings. The Labute approximate surface area is 167 Å². The van der Waals surface area contributed by atoms with E-state index in [2.05, 4.69) is 34.2 Å². The third-order valence-corrected chi connectivity index (χ3v) is 5.61. The van der Waals surface area contributed by atoms with E-state index < -0.39 is 5.91 Å². The molecule has 144 valence electrons. The number of carbonyl (C=O) groups excluding carboxylic acids is 1. The average Bonchev–Trinajstić information content (AvgIpc) is 3.14. The summed E-state index contributed by atoms with van der Waals surface area (Å²) >= 11 is 0. The van der Waals surface area contributed by atoms with Gasteiger partial charge >= 0.3 is 0 Å². The highest BCUT2D eigenvalue weighted by Crippen LogP contribution is 2.35. The minimum Gasteiger partial charge on any atom is -0.383 e. The van der Waals surface area contributed by atoms with Crippen LogP contribution in [0.1, 0.15) is 33.9 Å². The van der Waals surface area contributed by atoms with Crippen molar-refractivity contribution < 1.29 is 4.79 Å². The van der Waals surface area contributed by atoms with Gasteiger partial charge in [-0.3, -0.25) is 4.79 Å². The van der Waals surface area contributed by atoms with Gasteiger partial charge in [0.1, 0.15) is 17.8 Å². The number of aromatic nitrogens is 4. The fourth-order valence-corrected chi connectivity index (χ4v) is 4.16. The van der Waals surface area contributed by atoms with Crippen LogP contribution in [0, 0.1) is 0 Å². The van der Waals surface area contributed by atoms with E-state index in [4.69, 9.17) is 16.6 Å². The molecule has 1 amide bonds. The summed E-state index contributed by atoms with van der Waals surface area (Å²) in [6, 6.07) is 15.8. The Morgan fingerprint density at radius 1 is 1.07 bits per heavy atom. The summed E-state index contributed by atoms with van der Waals surface area (Å²) in [5.41, 5.74) is 17.0. The van der Waals surface area contributed by atoms with Crippen LogP contribution >= 0.6 is 0 Å². The number of nitrogens with zero attached hydrogens (tertiary/aromatic N) is 4. The highest BCUT2D eigenvalue weighted by atomic mass is 16.1. The van der Waals surface area contributed by atoms with Crippen LogP contribution in [0.3, 0.4) is 0 Å². The lowest BCUT2D eigenvalue weighted by Gasteiger charge is -2.25. The van der Waals surface area contributed by atoms with Gasteiger partial charge in [-0.1, -0.05) is 36.4 Å². The normalized spacial score (nSPS) is 15.9. The number of hydrogen-bond donors (Lipinski definition) is 2. The molecule has 0 radical (unpaired) electrons. The van der Waals surface area contributed by atoms with Crippen LogP contribution in [0.4, 0.5) is 5.82 Å². The molecular weight excluding hydrogens is 364 g/mol. The van der Waals surface area contributed by atoms with Crippen molar-refractivity contribution in [2.45, 2.75) is 25.3 Å². The largest absolute Gasteiger partial charge is 0.383 e. The zero-order valence-electron chi connectivity index (χ0n) is 15.7. The Kier molecular flexibility index (Phi) is 4.01. The molecule has 0 saturated carbocycles. The predicted octanol–water partition coefficient (Wildman–Crippen LogP) is 2.90. The van der Waals surface area contributed by atoms with Gasteiger partial charge < -0.3 is 11.5 Å². The number of rotatable bonds is 3. The SMILES string of the molecule is NC(=O)c1cccc(-c2nn(C3CCc4ccccc4C3)c3ncnc(N)c23)c1. The van der Waals surface area contributed by atoms with Crippen LogP contribution in [0.2, 0.25) is 0 Å². The molecule has 0 fully saturated rings. The third kappa shape index (κ3) is 2.91. The first-order valence-corrected chi connectivity index (χ1v) is 9.57. The molecule has 5 rings (SSSR count). The van der Waals surface area contributed by atoms with Crippen molar-refractivity contribution in [3.8, 4) is 11.3 Å². The quantitative estimate of drug-likeness (QED) is 0.564. The summed E-state index contributed by atoms with van der Waals surface area (Å²) in [6.07, 6.45) is 4.32. The number of carbonyl (C=O) groups is 1. The zero-order chi connectivity index (χ0) is 20.0. The lowest BCUT2D eigenvalue weighted by Crippen LogP contribution is -2.20. The Morgan fingerprint density at radius 3 is 2.72 bits per heavy atom. The maximum absolute atomic E-state index is 11.6. The van der Waals surface area contributed by atoms with Crippen LogP contribution < -0.4 is 11.5 Å². The van der Waals surface area contributed by atoms with Crippen LogP contribution in [0.5, 0.6) is 0 Å². The monoisotopic (exact) mass is 384 g/mol. The third-order valence-electron chi connectivity index (χ3n) is 5.61. The van der Waals surface area contributed by atoms with E-state index in [9.17, 15) is 4.79 Å². The van der Waals surface area contributed by atoms with E-state index >= 15 is 0 Å². The van der Waals surface area contributed by atoms with Crippen LogP contribution in [-0.2, 0) is 12.8 Å². The molecule has 0 spiro atoms. The fourth-order valence-electron chi connectivity index (χ4n) is 4.16. The second-order valence-corrected chi connectivity index (χ2v) is 7.36. The van der Waals surface area contributed by atoms with Crippen molar-refractivity contribution in [2.75, 3.05) is 5.73 Å². The first-order chi connectivity index (χ1) is 14.1. The van der Waals surface area contributed by atoms with Gasteiger partial charge in [-0.2, -0.15) is 5.10 Å². The summed E-state index contributed by atoms with van der Waals surface area (Å²) in [5.74, 6) is -0.111. The summed E-state index contributed by atoms with van der Waals surface area (Å²) in [5, 5.41) is 5.60. The topological polar surface area (TPSA) is 113 Å². The second-order valence-electron chi connectivity index (χ2n) is 7.36. The first-order valence-electron chi connectivity index (χ1n) is 9.57. The second kappa shape index (κ2) is 6.70. The van der Waals surface area contributed by atoms with Crippen molar-refractivity contribution in [3.63, 3.8) is 0 Å². The van der Waals surface area contributed by atoms with Gasteiger partial charge in [0.2, 0.25) is 5.91 Å². The van der Waals surface area contributed by atoms with Gasteiger partial charge in [-0.25, -0.2) is 14.6 Å². The molecule has 2 aromatic carbocycles. The van der Waals surface area contributed by atoms with E-state index in [1.54, 1.807) is 18.2 Å². The highest BCUT2D eigenvalue weighted by Gasteiger charge is 2.25. The minimum atomic E-state index is -0.483. The Morgan fingerprint density at radius 2 is 1.90 bits per heavy atom. The van der Waals surface area contributed by atoms with Gasteiger partial charge in [0.05, 0.1) is 11.4 Å². The number of aryl methyl sites for hydroxylation is 1. The van der Waals surface area contributed by atoms with Crippen molar-refractivity contribution in [1.82, 2.24) is 19.7 Å². The number of anilines is 1. The molecule has 29 heavy (non-hydrogen) atoms. The Bertz CT molecular complexity index is 1250. The van der Waals surface area contributed by atoms with E-state index in [0.717, 1.165) is 24.8 Å². The molecule has 0 bridgehead atoms. The summed E-state index contributed by atoms with van der Waals surface area (Å²) in [7, 11) is 0. The average molecular weight is 384 g/mol. The van der Waals surface area contributed by atoms with E-state index in [1.165, 1.54) is 17.5 Å². The number of primary amides is 1. The number of amides is 1. The van der Waals surface area contributed by atoms with Gasteiger partial charge in [-0.05, 0) is 42.5 Å². The van der Waals surface area contributed by atoms with Crippen molar-refractivity contribution in [3.05, 3.63) is 71.5 Å². The molecule has 0 aliphatic heterocycles. The summed E-state index contributed by atoms with van der Waals surface area (Å²) in [4.78, 5) is 20.3. The predicted molar refractivity (Wildman–Crippen MR) is 111 cm³/mol. The van der Waals surface area contributed by atoms with E-state index in [1.807, 2.05) is 10.7 Å². The maximum Gasteiger partial charge on any atom is 0.248 e. The summed E-state index contributed by atoms with van der Waals surface area (Å²) < 4.78 is 1.97. The standard InChI is InChI=1S/C22H20N6O/c23-20-18-19(15-6-3-7-16(10-15)21(24)29)27-28(22(18)26-12-25-20)17-9-8-13-4-1-2-5-14(13)11-17/h1-7,10,12,17H,8-9,11H2,(H2,24,29)(H2,23,25,26). The smallest absolute Gasteiger partial charge is 0.248 e. The van der Waals surface area contributed by atoms with Crippen molar-refractivity contribution in [2.24, 2.45) is 5.73 Å². The molecule has 7 nitrogen and oxygen atoms in total. The lowest BCUT2D eigenvalue weighted by molar-refractivity contribution is 0.100. The van der Waals surface area contributed by atoms with Gasteiger partial charge in [0.15, 0.2) is 5.65 Å². The first kappa shape index (κ1) is 17.4. The molecule has 0 saturated heterocycles. The molecular formula is C22H20N6O.